The summed E-state index contributed by atoms with van der Waals surface area (Å²) in [6.45, 7) is 8.93. The van der Waals surface area contributed by atoms with Gasteiger partial charge in [0.1, 0.15) is 5.75 Å². The molecule has 2 heterocycles. The van der Waals surface area contributed by atoms with Crippen LogP contribution >= 0.6 is 0 Å². The summed E-state index contributed by atoms with van der Waals surface area (Å²) >= 11 is 0. The van der Waals surface area contributed by atoms with Crippen molar-refractivity contribution < 1.29 is 9.53 Å². The second kappa shape index (κ2) is 9.56. The molecule has 2 aliphatic heterocycles. The Hall–Kier alpha value is -1.59. The van der Waals surface area contributed by atoms with E-state index < -0.39 is 0 Å². The Bertz CT molecular complexity index is 588. The number of ether oxygens (including phenoxy) is 1. The Morgan fingerprint density at radius 1 is 1.07 bits per heavy atom. The highest BCUT2D eigenvalue weighted by Crippen LogP contribution is 2.25. The molecule has 5 heteroatoms. The van der Waals surface area contributed by atoms with E-state index in [1.807, 2.05) is 12.1 Å². The number of likely N-dealkylation sites (N-methyl/N-ethyl adjacent to an activating group) is 1. The first-order chi connectivity index (χ1) is 13.1. The summed E-state index contributed by atoms with van der Waals surface area (Å²) < 4.78 is 5.19. The fourth-order valence-electron chi connectivity index (χ4n) is 4.36. The zero-order valence-corrected chi connectivity index (χ0v) is 17.2. The van der Waals surface area contributed by atoms with Crippen molar-refractivity contribution in [1.29, 1.82) is 0 Å². The van der Waals surface area contributed by atoms with Crippen molar-refractivity contribution in [2.24, 2.45) is 5.92 Å². The highest BCUT2D eigenvalue weighted by atomic mass is 16.5. The summed E-state index contributed by atoms with van der Waals surface area (Å²) in [5.41, 5.74) is 1.20. The molecule has 1 aromatic rings. The summed E-state index contributed by atoms with van der Waals surface area (Å²) in [5.74, 6) is 1.89. The van der Waals surface area contributed by atoms with Crippen LogP contribution in [0.25, 0.3) is 0 Å². The fraction of sp³-hybridized carbons (Fsp3) is 0.682. The zero-order valence-electron chi connectivity index (χ0n) is 17.2. The molecule has 1 aromatic carbocycles. The average Bonchev–Trinajstić information content (AvgIpc) is 2.72. The maximum Gasteiger partial charge on any atom is 0.222 e. The van der Waals surface area contributed by atoms with Crippen LogP contribution in [0.1, 0.15) is 31.7 Å². The first-order valence-corrected chi connectivity index (χ1v) is 10.4. The highest BCUT2D eigenvalue weighted by Gasteiger charge is 2.30. The van der Waals surface area contributed by atoms with Gasteiger partial charge in [-0.25, -0.2) is 0 Å². The zero-order chi connectivity index (χ0) is 19.2. The van der Waals surface area contributed by atoms with Gasteiger partial charge in [0.15, 0.2) is 0 Å². The van der Waals surface area contributed by atoms with E-state index in [0.29, 0.717) is 18.4 Å². The minimum Gasteiger partial charge on any atom is -0.497 e. The molecular weight excluding hydrogens is 338 g/mol. The average molecular weight is 374 g/mol. The molecule has 1 amide bonds. The standard InChI is InChI=1S/C22H35N3O2/c1-18(24-16-14-23(2)15-17-24)20-10-12-25(13-11-20)22(26)9-6-19-4-7-21(27-3)8-5-19/h4-5,7-8,18,20H,6,9-17H2,1-3H3/t18-/m1/s1. The van der Waals surface area contributed by atoms with Crippen LogP contribution in [0.4, 0.5) is 0 Å². The predicted molar refractivity (Wildman–Crippen MR) is 109 cm³/mol. The van der Waals surface area contributed by atoms with E-state index in [0.717, 1.165) is 44.0 Å². The van der Waals surface area contributed by atoms with Gasteiger partial charge in [-0.05, 0) is 56.8 Å². The van der Waals surface area contributed by atoms with Crippen LogP contribution in [-0.2, 0) is 11.2 Å². The molecule has 150 valence electrons. The third-order valence-corrected chi connectivity index (χ3v) is 6.47. The van der Waals surface area contributed by atoms with Gasteiger partial charge in [0.2, 0.25) is 5.91 Å². The third-order valence-electron chi connectivity index (χ3n) is 6.47. The van der Waals surface area contributed by atoms with Crippen molar-refractivity contribution in [1.82, 2.24) is 14.7 Å². The molecule has 0 aliphatic carbocycles. The van der Waals surface area contributed by atoms with Crippen molar-refractivity contribution in [3.8, 4) is 5.75 Å². The van der Waals surface area contributed by atoms with Crippen LogP contribution in [0.3, 0.4) is 0 Å². The monoisotopic (exact) mass is 373 g/mol. The molecule has 2 fully saturated rings. The molecule has 0 unspecified atom stereocenters. The second-order valence-electron chi connectivity index (χ2n) is 8.15. The summed E-state index contributed by atoms with van der Waals surface area (Å²) in [5, 5.41) is 0. The van der Waals surface area contributed by atoms with Crippen LogP contribution in [0, 0.1) is 5.92 Å². The smallest absolute Gasteiger partial charge is 0.222 e. The number of piperazine rings is 1. The molecule has 0 radical (unpaired) electrons. The van der Waals surface area contributed by atoms with Crippen molar-refractivity contribution in [3.05, 3.63) is 29.8 Å². The Kier molecular flexibility index (Phi) is 7.13. The number of aryl methyl sites for hydroxylation is 1. The summed E-state index contributed by atoms with van der Waals surface area (Å²) in [6, 6.07) is 8.66. The molecular formula is C22H35N3O2. The van der Waals surface area contributed by atoms with Gasteiger partial charge in [-0.2, -0.15) is 0 Å². The lowest BCUT2D eigenvalue weighted by atomic mass is 9.89. The molecule has 0 N–H and O–H groups in total. The lowest BCUT2D eigenvalue weighted by molar-refractivity contribution is -0.132. The van der Waals surface area contributed by atoms with Gasteiger partial charge in [0, 0.05) is 51.7 Å². The van der Waals surface area contributed by atoms with E-state index in [9.17, 15) is 4.79 Å². The Morgan fingerprint density at radius 2 is 1.70 bits per heavy atom. The summed E-state index contributed by atoms with van der Waals surface area (Å²) in [4.78, 5) is 19.7. The number of benzene rings is 1. The summed E-state index contributed by atoms with van der Waals surface area (Å²) in [6.07, 6.45) is 3.69. The number of piperidine rings is 1. The molecule has 3 rings (SSSR count). The van der Waals surface area contributed by atoms with E-state index in [1.54, 1.807) is 7.11 Å². The number of hydrogen-bond donors (Lipinski definition) is 0. The van der Waals surface area contributed by atoms with Crippen LogP contribution in [0.5, 0.6) is 5.75 Å². The van der Waals surface area contributed by atoms with Gasteiger partial charge in [-0.1, -0.05) is 12.1 Å². The lowest BCUT2D eigenvalue weighted by Crippen LogP contribution is -2.52. The van der Waals surface area contributed by atoms with E-state index >= 15 is 0 Å². The van der Waals surface area contributed by atoms with Crippen LogP contribution in [0.2, 0.25) is 0 Å². The molecule has 2 saturated heterocycles. The molecule has 2 aliphatic rings. The second-order valence-corrected chi connectivity index (χ2v) is 8.15. The number of rotatable bonds is 6. The van der Waals surface area contributed by atoms with Crippen molar-refractivity contribution in [2.75, 3.05) is 53.4 Å². The van der Waals surface area contributed by atoms with Crippen LogP contribution in [-0.4, -0.2) is 80.1 Å². The van der Waals surface area contributed by atoms with Gasteiger partial charge in [-0.3, -0.25) is 9.69 Å². The van der Waals surface area contributed by atoms with E-state index in [-0.39, 0.29) is 0 Å². The Balaban J connectivity index is 1.40. The fourth-order valence-corrected chi connectivity index (χ4v) is 4.36. The first kappa shape index (κ1) is 20.2. The number of nitrogens with zero attached hydrogens (tertiary/aromatic N) is 3. The van der Waals surface area contributed by atoms with E-state index in [1.165, 1.54) is 31.7 Å². The topological polar surface area (TPSA) is 36.0 Å². The van der Waals surface area contributed by atoms with Crippen molar-refractivity contribution in [2.45, 2.75) is 38.6 Å². The molecule has 0 bridgehead atoms. The minimum atomic E-state index is 0.302. The van der Waals surface area contributed by atoms with Crippen molar-refractivity contribution in [3.63, 3.8) is 0 Å². The number of methoxy groups -OCH3 is 1. The highest BCUT2D eigenvalue weighted by molar-refractivity contribution is 5.76. The third kappa shape index (κ3) is 5.45. The number of carbonyl (C=O) groups is 1. The SMILES string of the molecule is COc1ccc(CCC(=O)N2CCC([C@@H](C)N3CCN(C)CC3)CC2)cc1. The van der Waals surface area contributed by atoms with E-state index in [2.05, 4.69) is 40.8 Å². The van der Waals surface area contributed by atoms with Gasteiger partial charge < -0.3 is 14.5 Å². The van der Waals surface area contributed by atoms with Gasteiger partial charge in [-0.15, -0.1) is 0 Å². The van der Waals surface area contributed by atoms with Crippen LogP contribution in [0.15, 0.2) is 24.3 Å². The largest absolute Gasteiger partial charge is 0.497 e. The normalized spacial score (nSPS) is 21.2. The number of amides is 1. The predicted octanol–water partition coefficient (Wildman–Crippen LogP) is 2.50. The summed E-state index contributed by atoms with van der Waals surface area (Å²) in [7, 11) is 3.88. The molecule has 0 aromatic heterocycles. The molecule has 27 heavy (non-hydrogen) atoms. The molecule has 0 saturated carbocycles. The van der Waals surface area contributed by atoms with Gasteiger partial charge in [0.05, 0.1) is 7.11 Å². The van der Waals surface area contributed by atoms with Crippen molar-refractivity contribution >= 4 is 5.91 Å². The Labute approximate surface area is 164 Å². The van der Waals surface area contributed by atoms with Gasteiger partial charge >= 0.3 is 0 Å². The maximum absolute atomic E-state index is 12.6. The molecule has 1 atom stereocenters. The first-order valence-electron chi connectivity index (χ1n) is 10.4. The lowest BCUT2D eigenvalue weighted by Gasteiger charge is -2.42. The maximum atomic E-state index is 12.6. The van der Waals surface area contributed by atoms with E-state index in [4.69, 9.17) is 4.74 Å². The Morgan fingerprint density at radius 3 is 2.30 bits per heavy atom. The number of hydrogen-bond acceptors (Lipinski definition) is 4. The number of likely N-dealkylation sites (tertiary alicyclic amines) is 1. The minimum absolute atomic E-state index is 0.302. The number of carbonyl (C=O) groups excluding carboxylic acids is 1. The molecule has 0 spiro atoms. The molecule has 5 nitrogen and oxygen atoms in total. The van der Waals surface area contributed by atoms with Gasteiger partial charge in [0.25, 0.3) is 0 Å². The van der Waals surface area contributed by atoms with Crippen LogP contribution < -0.4 is 4.74 Å². The quantitative estimate of drug-likeness (QED) is 0.768.